The molecule has 0 spiro atoms. The number of aromatic nitrogens is 5. The highest BCUT2D eigenvalue weighted by Gasteiger charge is 2.23. The SMILES string of the molecule is CC1CN(c2nc(Nc3ccc(S(C)=O)cc3)c3ncn(-c4cscn4)c3n2)CCO1. The highest BCUT2D eigenvalue weighted by molar-refractivity contribution is 7.84. The summed E-state index contributed by atoms with van der Waals surface area (Å²) >= 11 is 1.52. The Morgan fingerprint density at radius 2 is 2.06 bits per heavy atom. The Morgan fingerprint density at radius 3 is 2.77 bits per heavy atom. The highest BCUT2D eigenvalue weighted by Crippen LogP contribution is 2.28. The van der Waals surface area contributed by atoms with Gasteiger partial charge in [-0.3, -0.25) is 8.78 Å². The number of rotatable bonds is 5. The number of benzene rings is 1. The Balaban J connectivity index is 1.59. The maximum Gasteiger partial charge on any atom is 0.229 e. The maximum absolute atomic E-state index is 11.7. The maximum atomic E-state index is 11.7. The zero-order chi connectivity index (χ0) is 21.4. The molecule has 0 bridgehead atoms. The predicted molar refractivity (Wildman–Crippen MR) is 122 cm³/mol. The van der Waals surface area contributed by atoms with Gasteiger partial charge in [0.25, 0.3) is 0 Å². The third-order valence-electron chi connectivity index (χ3n) is 5.02. The molecule has 9 nitrogen and oxygen atoms in total. The number of hydrogen-bond acceptors (Lipinski definition) is 9. The van der Waals surface area contributed by atoms with E-state index in [1.165, 1.54) is 11.3 Å². The van der Waals surface area contributed by atoms with Gasteiger partial charge >= 0.3 is 0 Å². The van der Waals surface area contributed by atoms with Crippen molar-refractivity contribution in [1.82, 2.24) is 24.5 Å². The highest BCUT2D eigenvalue weighted by atomic mass is 32.2. The molecule has 2 atom stereocenters. The molecule has 1 aromatic carbocycles. The summed E-state index contributed by atoms with van der Waals surface area (Å²) in [5.74, 6) is 2.00. The normalized spacial score (nSPS) is 17.7. The summed E-state index contributed by atoms with van der Waals surface area (Å²) in [5, 5.41) is 5.32. The van der Waals surface area contributed by atoms with Crippen LogP contribution in [0.3, 0.4) is 0 Å². The predicted octanol–water partition coefficient (Wildman–Crippen LogP) is 2.98. The summed E-state index contributed by atoms with van der Waals surface area (Å²) < 4.78 is 19.2. The molecule has 3 aromatic heterocycles. The minimum absolute atomic E-state index is 0.107. The summed E-state index contributed by atoms with van der Waals surface area (Å²) in [6.45, 7) is 4.11. The lowest BCUT2D eigenvalue weighted by atomic mass is 10.3. The molecule has 1 aliphatic heterocycles. The van der Waals surface area contributed by atoms with Crippen molar-refractivity contribution in [2.45, 2.75) is 17.9 Å². The molecular weight excluding hydrogens is 434 g/mol. The molecule has 11 heteroatoms. The topological polar surface area (TPSA) is 98.1 Å². The van der Waals surface area contributed by atoms with Crippen molar-refractivity contribution in [3.63, 3.8) is 0 Å². The summed E-state index contributed by atoms with van der Waals surface area (Å²) in [6, 6.07) is 7.46. The molecule has 4 aromatic rings. The molecule has 0 aliphatic carbocycles. The molecule has 1 N–H and O–H groups in total. The van der Waals surface area contributed by atoms with Crippen molar-refractivity contribution in [3.05, 3.63) is 41.5 Å². The van der Waals surface area contributed by atoms with Crippen molar-refractivity contribution in [2.75, 3.05) is 36.2 Å². The molecule has 4 heterocycles. The van der Waals surface area contributed by atoms with Crippen molar-refractivity contribution < 1.29 is 8.95 Å². The van der Waals surface area contributed by atoms with E-state index in [-0.39, 0.29) is 6.10 Å². The number of nitrogens with one attached hydrogen (secondary N) is 1. The second kappa shape index (κ2) is 8.33. The van der Waals surface area contributed by atoms with Crippen LogP contribution in [0.1, 0.15) is 6.92 Å². The van der Waals surface area contributed by atoms with E-state index in [0.29, 0.717) is 36.1 Å². The van der Waals surface area contributed by atoms with Crippen molar-refractivity contribution in [3.8, 4) is 5.82 Å². The standard InChI is InChI=1S/C20H21N7O2S2/c1-13-9-26(7-8-29-13)20-24-18(23-14-3-5-15(6-4-14)31(2)28)17-19(25-20)27(11-21-17)16-10-30-12-22-16/h3-6,10-13H,7-9H2,1-2H3,(H,23,24,25). The van der Waals surface area contributed by atoms with Crippen LogP contribution >= 0.6 is 11.3 Å². The van der Waals surface area contributed by atoms with Gasteiger partial charge in [-0.2, -0.15) is 9.97 Å². The average molecular weight is 456 g/mol. The minimum Gasteiger partial charge on any atom is -0.375 e. The van der Waals surface area contributed by atoms with Gasteiger partial charge in [-0.1, -0.05) is 0 Å². The molecule has 160 valence electrons. The molecule has 0 saturated carbocycles. The van der Waals surface area contributed by atoms with E-state index < -0.39 is 10.8 Å². The number of imidazole rings is 1. The van der Waals surface area contributed by atoms with Gasteiger partial charge < -0.3 is 15.0 Å². The first-order valence-electron chi connectivity index (χ1n) is 9.79. The van der Waals surface area contributed by atoms with E-state index in [2.05, 4.69) is 20.2 Å². The number of morpholine rings is 1. The van der Waals surface area contributed by atoms with Gasteiger partial charge in [0.15, 0.2) is 22.8 Å². The number of nitrogens with zero attached hydrogens (tertiary/aromatic N) is 6. The van der Waals surface area contributed by atoms with E-state index in [0.717, 1.165) is 22.9 Å². The monoisotopic (exact) mass is 455 g/mol. The van der Waals surface area contributed by atoms with Crippen molar-refractivity contribution in [1.29, 1.82) is 0 Å². The lowest BCUT2D eigenvalue weighted by molar-refractivity contribution is 0.0526. The van der Waals surface area contributed by atoms with Crippen LogP contribution < -0.4 is 10.2 Å². The Labute approximate surface area is 185 Å². The number of hydrogen-bond donors (Lipinski definition) is 1. The molecule has 1 fully saturated rings. The summed E-state index contributed by atoms with van der Waals surface area (Å²) in [4.78, 5) is 21.5. The zero-order valence-electron chi connectivity index (χ0n) is 17.1. The van der Waals surface area contributed by atoms with Gasteiger partial charge in [0, 0.05) is 46.1 Å². The number of fused-ring (bicyclic) bond motifs is 1. The first-order chi connectivity index (χ1) is 15.1. The van der Waals surface area contributed by atoms with Gasteiger partial charge in [0.1, 0.15) is 6.33 Å². The zero-order valence-corrected chi connectivity index (χ0v) is 18.7. The van der Waals surface area contributed by atoms with Crippen LogP contribution in [0.5, 0.6) is 0 Å². The molecule has 0 radical (unpaired) electrons. The quantitative estimate of drug-likeness (QED) is 0.490. The van der Waals surface area contributed by atoms with Crippen LogP contribution in [0, 0.1) is 0 Å². The fourth-order valence-electron chi connectivity index (χ4n) is 3.48. The summed E-state index contributed by atoms with van der Waals surface area (Å²) in [7, 11) is -1.02. The Bertz CT molecular complexity index is 1220. The van der Waals surface area contributed by atoms with Crippen LogP contribution in [-0.4, -0.2) is 60.8 Å². The van der Waals surface area contributed by atoms with Gasteiger partial charge in [0.2, 0.25) is 5.95 Å². The van der Waals surface area contributed by atoms with Crippen LogP contribution in [0.4, 0.5) is 17.5 Å². The van der Waals surface area contributed by atoms with Crippen LogP contribution in [0.2, 0.25) is 0 Å². The number of thiazole rings is 1. The van der Waals surface area contributed by atoms with Crippen LogP contribution in [0.15, 0.2) is 46.4 Å². The summed E-state index contributed by atoms with van der Waals surface area (Å²) in [5.41, 5.74) is 3.95. The number of ether oxygens (including phenoxy) is 1. The second-order valence-corrected chi connectivity index (χ2v) is 9.33. The smallest absolute Gasteiger partial charge is 0.229 e. The number of anilines is 3. The van der Waals surface area contributed by atoms with Crippen LogP contribution in [0.25, 0.3) is 17.0 Å². The van der Waals surface area contributed by atoms with E-state index in [9.17, 15) is 4.21 Å². The third kappa shape index (κ3) is 4.03. The fraction of sp³-hybridized carbons (Fsp3) is 0.300. The van der Waals surface area contributed by atoms with E-state index in [1.807, 2.05) is 41.1 Å². The fourth-order valence-corrected chi connectivity index (χ4v) is 4.52. The Kier molecular flexibility index (Phi) is 5.38. The Hall–Kier alpha value is -2.89. The average Bonchev–Trinajstić information content (AvgIpc) is 3.44. The third-order valence-corrected chi connectivity index (χ3v) is 6.53. The molecule has 0 amide bonds. The lowest BCUT2D eigenvalue weighted by Gasteiger charge is -2.31. The van der Waals surface area contributed by atoms with E-state index >= 15 is 0 Å². The summed E-state index contributed by atoms with van der Waals surface area (Å²) in [6.07, 6.45) is 3.49. The molecular formula is C20H21N7O2S2. The minimum atomic E-state index is -1.02. The Morgan fingerprint density at radius 1 is 1.23 bits per heavy atom. The molecule has 1 saturated heterocycles. The first kappa shape index (κ1) is 20.0. The molecule has 1 aliphatic rings. The lowest BCUT2D eigenvalue weighted by Crippen LogP contribution is -2.42. The molecule has 31 heavy (non-hydrogen) atoms. The van der Waals surface area contributed by atoms with Gasteiger partial charge in [-0.15, -0.1) is 11.3 Å². The van der Waals surface area contributed by atoms with Gasteiger partial charge in [-0.05, 0) is 31.2 Å². The van der Waals surface area contributed by atoms with E-state index in [1.54, 1.807) is 18.1 Å². The van der Waals surface area contributed by atoms with Gasteiger partial charge in [-0.25, -0.2) is 9.97 Å². The van der Waals surface area contributed by atoms with Crippen molar-refractivity contribution >= 4 is 50.8 Å². The second-order valence-electron chi connectivity index (χ2n) is 7.24. The van der Waals surface area contributed by atoms with E-state index in [4.69, 9.17) is 14.7 Å². The first-order valence-corrected chi connectivity index (χ1v) is 12.3. The molecule has 2 unspecified atom stereocenters. The van der Waals surface area contributed by atoms with Gasteiger partial charge in [0.05, 0.1) is 18.2 Å². The van der Waals surface area contributed by atoms with Crippen LogP contribution in [-0.2, 0) is 15.5 Å². The largest absolute Gasteiger partial charge is 0.375 e. The van der Waals surface area contributed by atoms with Crippen molar-refractivity contribution in [2.24, 2.45) is 0 Å². The molecule has 5 rings (SSSR count).